The van der Waals surface area contributed by atoms with Gasteiger partial charge in [0.25, 0.3) is 0 Å². The van der Waals surface area contributed by atoms with Crippen LogP contribution < -0.4 is 0 Å². The normalized spacial score (nSPS) is 47.6. The Morgan fingerprint density at radius 1 is 1.05 bits per heavy atom. The highest BCUT2D eigenvalue weighted by Crippen LogP contribution is 2.63. The molecule has 0 amide bonds. The minimum Gasteiger partial charge on any atom is -0.300 e. The molecule has 3 unspecified atom stereocenters. The third-order valence-electron chi connectivity index (χ3n) is 7.36. The molecule has 3 fully saturated rings. The van der Waals surface area contributed by atoms with E-state index in [1.54, 1.807) is 6.08 Å². The SMILES string of the molecule is C[C@]12CCC3C(CC(=O)C4=CC(=O)CC[C@@]43C)C1CC(=O)C2. The Labute approximate surface area is 131 Å². The molecule has 3 nitrogen and oxygen atoms in total. The fraction of sp³-hybridized carbons (Fsp3) is 0.737. The van der Waals surface area contributed by atoms with Gasteiger partial charge in [-0.3, -0.25) is 14.4 Å². The van der Waals surface area contributed by atoms with Crippen LogP contribution in [-0.4, -0.2) is 17.3 Å². The van der Waals surface area contributed by atoms with Crippen molar-refractivity contribution in [3.05, 3.63) is 11.6 Å². The largest absolute Gasteiger partial charge is 0.300 e. The van der Waals surface area contributed by atoms with E-state index >= 15 is 0 Å². The van der Waals surface area contributed by atoms with Gasteiger partial charge in [-0.25, -0.2) is 0 Å². The number of hydrogen-bond acceptors (Lipinski definition) is 3. The summed E-state index contributed by atoms with van der Waals surface area (Å²) >= 11 is 0. The molecule has 0 bridgehead atoms. The predicted molar refractivity (Wildman–Crippen MR) is 82.1 cm³/mol. The van der Waals surface area contributed by atoms with E-state index in [4.69, 9.17) is 0 Å². The first-order valence-electron chi connectivity index (χ1n) is 8.63. The number of rotatable bonds is 0. The second-order valence-corrected chi connectivity index (χ2v) is 8.56. The van der Waals surface area contributed by atoms with Gasteiger partial charge in [0.05, 0.1) is 0 Å². The van der Waals surface area contributed by atoms with Crippen LogP contribution >= 0.6 is 0 Å². The van der Waals surface area contributed by atoms with Crippen LogP contribution in [0.2, 0.25) is 0 Å². The van der Waals surface area contributed by atoms with Crippen molar-refractivity contribution in [2.24, 2.45) is 28.6 Å². The van der Waals surface area contributed by atoms with E-state index in [1.165, 1.54) is 0 Å². The van der Waals surface area contributed by atoms with Crippen molar-refractivity contribution in [2.45, 2.75) is 58.8 Å². The number of ketones is 3. The number of allylic oxidation sites excluding steroid dienone is 1. The first-order chi connectivity index (χ1) is 10.3. The van der Waals surface area contributed by atoms with Gasteiger partial charge in [-0.1, -0.05) is 13.8 Å². The second-order valence-electron chi connectivity index (χ2n) is 8.56. The first kappa shape index (κ1) is 14.3. The zero-order chi connectivity index (χ0) is 15.7. The zero-order valence-corrected chi connectivity index (χ0v) is 13.5. The molecule has 5 atom stereocenters. The van der Waals surface area contributed by atoms with Gasteiger partial charge in [-0.05, 0) is 53.9 Å². The van der Waals surface area contributed by atoms with Gasteiger partial charge in [0.1, 0.15) is 5.78 Å². The number of carbonyl (C=O) groups excluding carboxylic acids is 3. The molecule has 3 saturated carbocycles. The maximum absolute atomic E-state index is 12.7. The van der Waals surface area contributed by atoms with Gasteiger partial charge >= 0.3 is 0 Å². The molecular formula is C19H24O3. The molecule has 0 radical (unpaired) electrons. The second kappa shape index (κ2) is 4.39. The van der Waals surface area contributed by atoms with Gasteiger partial charge < -0.3 is 0 Å². The summed E-state index contributed by atoms with van der Waals surface area (Å²) in [5.74, 6) is 1.84. The first-order valence-corrected chi connectivity index (χ1v) is 8.63. The Hall–Kier alpha value is -1.25. The van der Waals surface area contributed by atoms with Crippen LogP contribution in [0.4, 0.5) is 0 Å². The van der Waals surface area contributed by atoms with Gasteiger partial charge in [0.2, 0.25) is 0 Å². The fourth-order valence-corrected chi connectivity index (χ4v) is 6.17. The standard InChI is InChI=1S/C19H24O3/c1-18-5-4-14-13(15(18)8-12(21)10-18)9-17(22)16-7-11(20)3-6-19(14,16)2/h7,13-15H,3-6,8-10H2,1-2H3/t13?,14?,15?,18-,19-/m1/s1. The minimum absolute atomic E-state index is 0.107. The molecule has 118 valence electrons. The molecule has 3 heteroatoms. The third kappa shape index (κ3) is 1.77. The summed E-state index contributed by atoms with van der Waals surface area (Å²) in [5, 5.41) is 0. The van der Waals surface area contributed by atoms with Crippen molar-refractivity contribution in [1.82, 2.24) is 0 Å². The van der Waals surface area contributed by atoms with Crippen LogP contribution in [0.1, 0.15) is 58.8 Å². The number of fused-ring (bicyclic) bond motifs is 5. The van der Waals surface area contributed by atoms with E-state index in [0.29, 0.717) is 49.2 Å². The van der Waals surface area contributed by atoms with E-state index < -0.39 is 0 Å². The van der Waals surface area contributed by atoms with Gasteiger partial charge in [0.15, 0.2) is 11.6 Å². The van der Waals surface area contributed by atoms with E-state index in [2.05, 4.69) is 13.8 Å². The average Bonchev–Trinajstić information content (AvgIpc) is 2.76. The predicted octanol–water partition coefficient (Wildman–Crippen LogP) is 3.27. The summed E-state index contributed by atoms with van der Waals surface area (Å²) in [4.78, 5) is 36.5. The van der Waals surface area contributed by atoms with Crippen molar-refractivity contribution in [3.8, 4) is 0 Å². The average molecular weight is 300 g/mol. The maximum atomic E-state index is 12.7. The van der Waals surface area contributed by atoms with E-state index in [9.17, 15) is 14.4 Å². The fourth-order valence-electron chi connectivity index (χ4n) is 6.17. The molecule has 4 rings (SSSR count). The quantitative estimate of drug-likeness (QED) is 0.690. The number of Topliss-reactive ketones (excluding diaryl/α,β-unsaturated/α-hetero) is 2. The summed E-state index contributed by atoms with van der Waals surface area (Å²) in [7, 11) is 0. The van der Waals surface area contributed by atoms with Crippen LogP contribution in [0.5, 0.6) is 0 Å². The molecule has 0 heterocycles. The summed E-state index contributed by atoms with van der Waals surface area (Å²) < 4.78 is 0. The lowest BCUT2D eigenvalue weighted by Gasteiger charge is -2.56. The maximum Gasteiger partial charge on any atom is 0.159 e. The van der Waals surface area contributed by atoms with E-state index in [0.717, 1.165) is 24.8 Å². The molecule has 4 aliphatic carbocycles. The summed E-state index contributed by atoms with van der Waals surface area (Å²) in [6.45, 7) is 4.45. The number of hydrogen-bond donors (Lipinski definition) is 0. The molecule has 0 aromatic rings. The molecule has 0 N–H and O–H groups in total. The van der Waals surface area contributed by atoms with Crippen molar-refractivity contribution < 1.29 is 14.4 Å². The number of carbonyl (C=O) groups is 3. The molecule has 0 spiro atoms. The summed E-state index contributed by atoms with van der Waals surface area (Å²) in [5.41, 5.74) is 0.763. The van der Waals surface area contributed by atoms with Gasteiger partial charge in [0, 0.05) is 31.3 Å². The van der Waals surface area contributed by atoms with Crippen molar-refractivity contribution in [2.75, 3.05) is 0 Å². The van der Waals surface area contributed by atoms with Gasteiger partial charge in [-0.2, -0.15) is 0 Å². The van der Waals surface area contributed by atoms with Crippen LogP contribution in [-0.2, 0) is 14.4 Å². The smallest absolute Gasteiger partial charge is 0.159 e. The van der Waals surface area contributed by atoms with E-state index in [1.807, 2.05) is 0 Å². The Kier molecular flexibility index (Phi) is 2.87. The van der Waals surface area contributed by atoms with Crippen LogP contribution in [0.3, 0.4) is 0 Å². The molecule has 4 aliphatic rings. The van der Waals surface area contributed by atoms with Crippen molar-refractivity contribution in [1.29, 1.82) is 0 Å². The van der Waals surface area contributed by atoms with Crippen LogP contribution in [0.25, 0.3) is 0 Å². The zero-order valence-electron chi connectivity index (χ0n) is 13.5. The topological polar surface area (TPSA) is 51.2 Å². The molecule has 0 aliphatic heterocycles. The molecule has 0 aromatic carbocycles. The third-order valence-corrected chi connectivity index (χ3v) is 7.36. The Bertz CT molecular complexity index is 616. The molecule has 22 heavy (non-hydrogen) atoms. The lowest BCUT2D eigenvalue weighted by atomic mass is 9.47. The summed E-state index contributed by atoms with van der Waals surface area (Å²) in [6, 6.07) is 0. The minimum atomic E-state index is -0.138. The van der Waals surface area contributed by atoms with Crippen molar-refractivity contribution in [3.63, 3.8) is 0 Å². The monoisotopic (exact) mass is 300 g/mol. The lowest BCUT2D eigenvalue weighted by Crippen LogP contribution is -2.51. The molecule has 0 aromatic heterocycles. The van der Waals surface area contributed by atoms with Gasteiger partial charge in [-0.15, -0.1) is 0 Å². The Morgan fingerprint density at radius 3 is 2.59 bits per heavy atom. The lowest BCUT2D eigenvalue weighted by molar-refractivity contribution is -0.130. The highest BCUT2D eigenvalue weighted by Gasteiger charge is 2.59. The molecule has 0 saturated heterocycles. The van der Waals surface area contributed by atoms with Crippen LogP contribution in [0, 0.1) is 28.6 Å². The summed E-state index contributed by atoms with van der Waals surface area (Å²) in [6.07, 6.45) is 7.11. The Balaban J connectivity index is 1.76. The van der Waals surface area contributed by atoms with Crippen LogP contribution in [0.15, 0.2) is 11.6 Å². The van der Waals surface area contributed by atoms with E-state index in [-0.39, 0.29) is 22.4 Å². The highest BCUT2D eigenvalue weighted by atomic mass is 16.1. The van der Waals surface area contributed by atoms with Crippen molar-refractivity contribution >= 4 is 17.3 Å². The Morgan fingerprint density at radius 2 is 1.82 bits per heavy atom. The molecular weight excluding hydrogens is 276 g/mol. The highest BCUT2D eigenvalue weighted by molar-refractivity contribution is 6.05.